The summed E-state index contributed by atoms with van der Waals surface area (Å²) in [5, 5.41) is 7.73. The Hall–Kier alpha value is -4.79. The number of carbonyl (C=O) groups is 2. The summed E-state index contributed by atoms with van der Waals surface area (Å²) in [7, 11) is 4.78. The molecule has 2 heterocycles. The highest BCUT2D eigenvalue weighted by Gasteiger charge is 2.49. The Morgan fingerprint density at radius 2 is 1.56 bits per heavy atom. The molecule has 2 amide bonds. The SMILES string of the molecule is COc1ccc(-c2cc3n(n2)C[C@@](C)(C(=O)NCc2ccccc2OC)N(c2ccc(OC)cc2)C3=O)cc1. The topological polar surface area (TPSA) is 94.9 Å². The number of para-hydroxylation sites is 1. The molecule has 4 aromatic rings. The lowest BCUT2D eigenvalue weighted by molar-refractivity contribution is -0.126. The van der Waals surface area contributed by atoms with Gasteiger partial charge in [0.1, 0.15) is 28.5 Å². The van der Waals surface area contributed by atoms with E-state index < -0.39 is 5.54 Å². The Kier molecular flexibility index (Phi) is 6.98. The molecular formula is C30H30N4O5. The van der Waals surface area contributed by atoms with Crippen molar-refractivity contribution in [2.45, 2.75) is 25.6 Å². The second-order valence-electron chi connectivity index (χ2n) is 9.41. The molecule has 9 heteroatoms. The molecule has 9 nitrogen and oxygen atoms in total. The largest absolute Gasteiger partial charge is 0.497 e. The number of ether oxygens (including phenoxy) is 3. The minimum Gasteiger partial charge on any atom is -0.497 e. The van der Waals surface area contributed by atoms with Crippen LogP contribution in [0.15, 0.2) is 78.9 Å². The molecule has 0 spiro atoms. The van der Waals surface area contributed by atoms with Crippen molar-refractivity contribution in [3.63, 3.8) is 0 Å². The average molecular weight is 527 g/mol. The van der Waals surface area contributed by atoms with Crippen molar-refractivity contribution in [3.05, 3.63) is 90.1 Å². The van der Waals surface area contributed by atoms with Crippen LogP contribution in [0.5, 0.6) is 17.2 Å². The van der Waals surface area contributed by atoms with Crippen molar-refractivity contribution in [1.82, 2.24) is 15.1 Å². The van der Waals surface area contributed by atoms with Crippen LogP contribution in [0.3, 0.4) is 0 Å². The highest BCUT2D eigenvalue weighted by atomic mass is 16.5. The standard InChI is InChI=1S/C30H30N4O5/c1-30(29(36)31-18-21-7-5-6-8-27(21)39-4)19-33-26(17-25(32-33)20-9-13-23(37-2)14-10-20)28(35)34(30)22-11-15-24(38-3)16-12-22/h5-17H,18-19H2,1-4H3,(H,31,36)/t30-/m0/s1. The molecule has 1 atom stereocenters. The third-order valence-electron chi connectivity index (χ3n) is 6.99. The second kappa shape index (κ2) is 10.5. The van der Waals surface area contributed by atoms with E-state index in [-0.39, 0.29) is 24.9 Å². The van der Waals surface area contributed by atoms with Gasteiger partial charge in [0.25, 0.3) is 5.91 Å². The normalized spacial score (nSPS) is 16.4. The maximum atomic E-state index is 14.0. The molecule has 3 aromatic carbocycles. The van der Waals surface area contributed by atoms with Crippen LogP contribution in [0, 0.1) is 0 Å². The second-order valence-corrected chi connectivity index (χ2v) is 9.41. The fourth-order valence-corrected chi connectivity index (χ4v) is 4.84. The maximum Gasteiger partial charge on any atom is 0.277 e. The minimum atomic E-state index is -1.27. The molecule has 0 fully saturated rings. The number of carbonyl (C=O) groups excluding carboxylic acids is 2. The number of fused-ring (bicyclic) bond motifs is 1. The van der Waals surface area contributed by atoms with Gasteiger partial charge < -0.3 is 19.5 Å². The van der Waals surface area contributed by atoms with Gasteiger partial charge in [-0.15, -0.1) is 0 Å². The highest BCUT2D eigenvalue weighted by Crippen LogP contribution is 2.35. The fraction of sp³-hybridized carbons (Fsp3) is 0.233. The number of nitrogens with zero attached hydrogens (tertiary/aromatic N) is 3. The molecule has 0 saturated heterocycles. The van der Waals surface area contributed by atoms with Crippen molar-refractivity contribution in [3.8, 4) is 28.5 Å². The van der Waals surface area contributed by atoms with Gasteiger partial charge in [0.2, 0.25) is 5.91 Å². The van der Waals surface area contributed by atoms with Crippen LogP contribution in [-0.4, -0.2) is 48.5 Å². The summed E-state index contributed by atoms with van der Waals surface area (Å²) >= 11 is 0. The first-order chi connectivity index (χ1) is 18.9. The van der Waals surface area contributed by atoms with E-state index in [4.69, 9.17) is 19.3 Å². The van der Waals surface area contributed by atoms with Crippen molar-refractivity contribution in [2.24, 2.45) is 0 Å². The average Bonchev–Trinajstić information content (AvgIpc) is 3.40. The van der Waals surface area contributed by atoms with Crippen molar-refractivity contribution < 1.29 is 23.8 Å². The van der Waals surface area contributed by atoms with Crippen LogP contribution in [-0.2, 0) is 17.9 Å². The van der Waals surface area contributed by atoms with Gasteiger partial charge in [-0.2, -0.15) is 5.10 Å². The summed E-state index contributed by atoms with van der Waals surface area (Å²) < 4.78 is 17.6. The molecule has 5 rings (SSSR count). The van der Waals surface area contributed by atoms with Gasteiger partial charge >= 0.3 is 0 Å². The van der Waals surface area contributed by atoms with Crippen molar-refractivity contribution in [2.75, 3.05) is 26.2 Å². The van der Waals surface area contributed by atoms with Gasteiger partial charge in [0.05, 0.1) is 33.6 Å². The molecule has 1 aromatic heterocycles. The summed E-state index contributed by atoms with van der Waals surface area (Å²) in [6.07, 6.45) is 0. The minimum absolute atomic E-state index is 0.161. The molecule has 0 radical (unpaired) electrons. The lowest BCUT2D eigenvalue weighted by atomic mass is 9.93. The Labute approximate surface area is 226 Å². The number of rotatable bonds is 8. The van der Waals surface area contributed by atoms with Crippen LogP contribution in [0.1, 0.15) is 23.0 Å². The highest BCUT2D eigenvalue weighted by molar-refractivity contribution is 6.12. The van der Waals surface area contributed by atoms with E-state index in [9.17, 15) is 9.59 Å². The first-order valence-electron chi connectivity index (χ1n) is 12.5. The van der Waals surface area contributed by atoms with E-state index in [0.717, 1.165) is 16.9 Å². The monoisotopic (exact) mass is 526 g/mol. The van der Waals surface area contributed by atoms with Gasteiger partial charge in [-0.1, -0.05) is 18.2 Å². The summed E-state index contributed by atoms with van der Waals surface area (Å²) in [4.78, 5) is 29.4. The van der Waals surface area contributed by atoms with Crippen LogP contribution in [0.2, 0.25) is 0 Å². The maximum absolute atomic E-state index is 14.0. The van der Waals surface area contributed by atoms with Crippen LogP contribution < -0.4 is 24.4 Å². The number of hydrogen-bond donors (Lipinski definition) is 1. The van der Waals surface area contributed by atoms with Crippen LogP contribution in [0.4, 0.5) is 5.69 Å². The molecule has 0 bridgehead atoms. The van der Waals surface area contributed by atoms with E-state index in [1.54, 1.807) is 68.2 Å². The zero-order valence-electron chi connectivity index (χ0n) is 22.3. The summed E-state index contributed by atoms with van der Waals surface area (Å²) in [6, 6.07) is 23.8. The van der Waals surface area contributed by atoms with Gasteiger partial charge in [-0.05, 0) is 67.6 Å². The molecular weight excluding hydrogens is 496 g/mol. The Morgan fingerprint density at radius 1 is 0.923 bits per heavy atom. The van der Waals surface area contributed by atoms with Crippen LogP contribution >= 0.6 is 0 Å². The van der Waals surface area contributed by atoms with E-state index >= 15 is 0 Å². The molecule has 200 valence electrons. The molecule has 1 aliphatic rings. The lowest BCUT2D eigenvalue weighted by Crippen LogP contribution is -2.64. The molecule has 1 aliphatic heterocycles. The predicted molar refractivity (Wildman–Crippen MR) is 147 cm³/mol. The summed E-state index contributed by atoms with van der Waals surface area (Å²) in [5.41, 5.74) is 2.00. The zero-order valence-corrected chi connectivity index (χ0v) is 22.3. The van der Waals surface area contributed by atoms with Gasteiger partial charge in [0, 0.05) is 23.4 Å². The van der Waals surface area contributed by atoms with Gasteiger partial charge in [-0.25, -0.2) is 0 Å². The molecule has 0 unspecified atom stereocenters. The molecule has 0 saturated carbocycles. The van der Waals surface area contributed by atoms with Crippen LogP contribution in [0.25, 0.3) is 11.3 Å². The first-order valence-corrected chi connectivity index (χ1v) is 12.5. The number of hydrogen-bond acceptors (Lipinski definition) is 6. The molecule has 39 heavy (non-hydrogen) atoms. The fourth-order valence-electron chi connectivity index (χ4n) is 4.84. The Balaban J connectivity index is 1.52. The molecule has 1 N–H and O–H groups in total. The van der Waals surface area contributed by atoms with E-state index in [2.05, 4.69) is 5.32 Å². The number of anilines is 1. The lowest BCUT2D eigenvalue weighted by Gasteiger charge is -2.43. The third kappa shape index (κ3) is 4.79. The summed E-state index contributed by atoms with van der Waals surface area (Å²) in [6.45, 7) is 2.16. The zero-order chi connectivity index (χ0) is 27.6. The van der Waals surface area contributed by atoms with Crippen molar-refractivity contribution in [1.29, 1.82) is 0 Å². The number of aromatic nitrogens is 2. The Morgan fingerprint density at radius 3 is 2.21 bits per heavy atom. The number of benzene rings is 3. The van der Waals surface area contributed by atoms with Gasteiger partial charge in [-0.3, -0.25) is 19.2 Å². The van der Waals surface area contributed by atoms with E-state index in [1.807, 2.05) is 48.5 Å². The third-order valence-corrected chi connectivity index (χ3v) is 6.99. The smallest absolute Gasteiger partial charge is 0.277 e. The summed E-state index contributed by atoms with van der Waals surface area (Å²) in [5.74, 6) is 1.41. The predicted octanol–water partition coefficient (Wildman–Crippen LogP) is 4.31. The van der Waals surface area contributed by atoms with Gasteiger partial charge in [0.15, 0.2) is 0 Å². The number of methoxy groups -OCH3 is 3. The quantitative estimate of drug-likeness (QED) is 0.368. The molecule has 0 aliphatic carbocycles. The van der Waals surface area contributed by atoms with E-state index in [1.165, 1.54) is 0 Å². The number of amides is 2. The van der Waals surface area contributed by atoms with E-state index in [0.29, 0.717) is 28.6 Å². The number of nitrogens with one attached hydrogen (secondary N) is 1. The van der Waals surface area contributed by atoms with Crippen molar-refractivity contribution >= 4 is 17.5 Å². The Bertz CT molecular complexity index is 1500. The first kappa shape index (κ1) is 25.8.